The van der Waals surface area contributed by atoms with Crippen LogP contribution in [0.5, 0.6) is 0 Å². The summed E-state index contributed by atoms with van der Waals surface area (Å²) in [5, 5.41) is 0. The molecule has 4 aromatic rings. The number of benzene rings is 4. The van der Waals surface area contributed by atoms with Crippen LogP contribution in [-0.2, 0) is 48.9 Å². The topological polar surface area (TPSA) is 43.8 Å². The number of hydrogen-bond donors (Lipinski definition) is 0. The average Bonchev–Trinajstić information content (AvgIpc) is 3.54. The SMILES string of the molecule is CCCCCCCCc1ccc(C2=C(CCCC)C(CCCCC)=C(c3cccc(CCCCCC)c3)[N+]2=[N-])cc1.c1ccc(C[O][Ni][O]Cc2ccccc2)cc1. The molecule has 0 N–H and O–H groups in total. The van der Waals surface area contributed by atoms with E-state index >= 15 is 0 Å². The number of nitrogens with zero attached hydrogens (tertiary/aromatic N) is 2. The molecule has 0 radical (unpaired) electrons. The Kier molecular flexibility index (Phi) is 23.3. The van der Waals surface area contributed by atoms with Gasteiger partial charge in [0.2, 0.25) is 11.4 Å². The predicted molar refractivity (Wildman–Crippen MR) is 241 cm³/mol. The van der Waals surface area contributed by atoms with Crippen molar-refractivity contribution in [3.05, 3.63) is 159 Å². The molecule has 0 fully saturated rings. The number of aryl methyl sites for hydroxylation is 2. The van der Waals surface area contributed by atoms with Crippen LogP contribution in [0.3, 0.4) is 0 Å². The summed E-state index contributed by atoms with van der Waals surface area (Å²) in [6.45, 7) is 10.2. The van der Waals surface area contributed by atoms with Gasteiger partial charge in [-0.3, -0.25) is 0 Å². The number of unbranched alkanes of at least 4 members (excludes halogenated alkanes) is 11. The number of hydrogen-bond acceptors (Lipinski definition) is 2. The zero-order valence-electron chi connectivity index (χ0n) is 36.3. The van der Waals surface area contributed by atoms with Crippen LogP contribution in [0.2, 0.25) is 0 Å². The summed E-state index contributed by atoms with van der Waals surface area (Å²) in [5.74, 6) is 0. The molecule has 1 aliphatic rings. The molecular formula is C53H72N2NiO2. The van der Waals surface area contributed by atoms with Crippen LogP contribution in [0.15, 0.2) is 120 Å². The van der Waals surface area contributed by atoms with Crippen molar-refractivity contribution in [2.45, 2.75) is 163 Å². The molecule has 0 aromatic heterocycles. The standard InChI is InChI=1S/C39H58N2.2C7H7O.Ni/c1-5-9-13-15-16-19-21-32-27-29-34(30-28-32)38-36(25-12-8-4)37(26-17-11-7-3)39(41(38)40)35-24-20-23-33(31-35)22-18-14-10-6-2;2*8-6-7-4-2-1-3-5-7;/h20,23-24,27-31H,5-19,21-22,25-26H2,1-4H3;2*1-5H,6H2;/q;2*-1;+2. The van der Waals surface area contributed by atoms with Crippen LogP contribution in [0.25, 0.3) is 16.9 Å². The van der Waals surface area contributed by atoms with Crippen LogP contribution >= 0.6 is 0 Å². The van der Waals surface area contributed by atoms with Gasteiger partial charge in [-0.15, -0.1) is 0 Å². The molecule has 0 bridgehead atoms. The van der Waals surface area contributed by atoms with Crippen molar-refractivity contribution in [2.75, 3.05) is 0 Å². The second-order valence-electron chi connectivity index (χ2n) is 15.7. The van der Waals surface area contributed by atoms with E-state index in [2.05, 4.69) is 76.2 Å². The van der Waals surface area contributed by atoms with Crippen LogP contribution in [0.1, 0.15) is 170 Å². The average molecular weight is 828 g/mol. The van der Waals surface area contributed by atoms with Gasteiger partial charge in [0.1, 0.15) is 0 Å². The van der Waals surface area contributed by atoms with Crippen LogP contribution in [0, 0.1) is 0 Å². The summed E-state index contributed by atoms with van der Waals surface area (Å²) in [5.41, 5.74) is 24.1. The Morgan fingerprint density at radius 1 is 0.414 bits per heavy atom. The van der Waals surface area contributed by atoms with Crippen molar-refractivity contribution in [1.82, 2.24) is 0 Å². The van der Waals surface area contributed by atoms with Gasteiger partial charge in [-0.25, -0.2) is 4.70 Å². The first-order chi connectivity index (χ1) is 28.6. The Hall–Kier alpha value is -3.63. The van der Waals surface area contributed by atoms with E-state index in [1.807, 2.05) is 60.7 Å². The first-order valence-corrected chi connectivity index (χ1v) is 23.5. The zero-order valence-corrected chi connectivity index (χ0v) is 37.3. The van der Waals surface area contributed by atoms with Crippen molar-refractivity contribution >= 4 is 11.4 Å². The summed E-state index contributed by atoms with van der Waals surface area (Å²) in [7, 11) is 0. The van der Waals surface area contributed by atoms with E-state index in [1.165, 1.54) is 106 Å². The minimum atomic E-state index is 0.565. The van der Waals surface area contributed by atoms with E-state index in [4.69, 9.17) is 7.76 Å². The molecule has 1 aliphatic heterocycles. The Balaban J connectivity index is 0.000000362. The normalized spacial score (nSPS) is 12.7. The molecule has 0 unspecified atom stereocenters. The molecule has 0 spiro atoms. The van der Waals surface area contributed by atoms with E-state index in [-0.39, 0.29) is 0 Å². The van der Waals surface area contributed by atoms with Crippen molar-refractivity contribution in [3.63, 3.8) is 0 Å². The molecule has 5 rings (SSSR count). The molecular weight excluding hydrogens is 755 g/mol. The van der Waals surface area contributed by atoms with Gasteiger partial charge in [-0.05, 0) is 86.8 Å². The van der Waals surface area contributed by atoms with Crippen LogP contribution < -0.4 is 0 Å². The van der Waals surface area contributed by atoms with Crippen molar-refractivity contribution < 1.29 is 27.5 Å². The summed E-state index contributed by atoms with van der Waals surface area (Å²) in [6, 6.07) is 38.2. The molecule has 0 aliphatic carbocycles. The van der Waals surface area contributed by atoms with Crippen LogP contribution in [0.4, 0.5) is 0 Å². The Labute approximate surface area is 359 Å². The third-order valence-electron chi connectivity index (χ3n) is 10.9. The molecule has 4 nitrogen and oxygen atoms in total. The number of rotatable bonds is 27. The summed E-state index contributed by atoms with van der Waals surface area (Å²) < 4.78 is 12.3. The molecule has 5 heteroatoms. The third kappa shape index (κ3) is 16.6. The second-order valence-corrected chi connectivity index (χ2v) is 16.5. The molecule has 0 amide bonds. The summed E-state index contributed by atoms with van der Waals surface area (Å²) >= 11 is 0.863. The van der Waals surface area contributed by atoms with Gasteiger partial charge in [0.15, 0.2) is 0 Å². The van der Waals surface area contributed by atoms with E-state index < -0.39 is 0 Å². The molecule has 316 valence electrons. The monoisotopic (exact) mass is 826 g/mol. The van der Waals surface area contributed by atoms with E-state index in [1.54, 1.807) is 4.70 Å². The molecule has 0 atom stereocenters. The summed E-state index contributed by atoms with van der Waals surface area (Å²) in [6.07, 6.45) is 23.3. The fraction of sp³-hybridized carbons (Fsp3) is 0.472. The van der Waals surface area contributed by atoms with Crippen molar-refractivity contribution in [2.24, 2.45) is 0 Å². The van der Waals surface area contributed by atoms with E-state index in [0.29, 0.717) is 13.2 Å². The molecule has 4 aromatic carbocycles. The van der Waals surface area contributed by atoms with Crippen LogP contribution in [-0.4, -0.2) is 4.70 Å². The second kappa shape index (κ2) is 28.7. The fourth-order valence-corrected chi connectivity index (χ4v) is 8.10. The maximum absolute atomic E-state index is 11.9. The van der Waals surface area contributed by atoms with Gasteiger partial charge in [-0.2, -0.15) is 0 Å². The maximum atomic E-state index is 11.9. The van der Waals surface area contributed by atoms with Crippen molar-refractivity contribution in [1.29, 1.82) is 0 Å². The van der Waals surface area contributed by atoms with E-state index in [9.17, 15) is 5.53 Å². The molecule has 58 heavy (non-hydrogen) atoms. The molecule has 0 saturated heterocycles. The predicted octanol–water partition coefficient (Wildman–Crippen LogP) is 16.0. The first kappa shape index (κ1) is 47.1. The molecule has 0 saturated carbocycles. The Morgan fingerprint density at radius 3 is 1.45 bits per heavy atom. The molecule has 1 heterocycles. The first-order valence-electron chi connectivity index (χ1n) is 22.6. The minimum absolute atomic E-state index is 0.565. The van der Waals surface area contributed by atoms with Gasteiger partial charge >= 0.3 is 108 Å². The quantitative estimate of drug-likeness (QED) is 0.0341. The Bertz CT molecular complexity index is 1740. The van der Waals surface area contributed by atoms with E-state index in [0.717, 1.165) is 87.3 Å². The zero-order chi connectivity index (χ0) is 41.0. The van der Waals surface area contributed by atoms with Gasteiger partial charge in [0, 0.05) is 22.3 Å². The summed E-state index contributed by atoms with van der Waals surface area (Å²) in [4.78, 5) is 0. The third-order valence-corrected chi connectivity index (χ3v) is 11.4. The van der Waals surface area contributed by atoms with Gasteiger partial charge < -0.3 is 5.53 Å². The Morgan fingerprint density at radius 2 is 0.862 bits per heavy atom. The fourth-order valence-electron chi connectivity index (χ4n) is 7.58. The number of allylic oxidation sites excluding steroid dienone is 2. The van der Waals surface area contributed by atoms with Gasteiger partial charge in [0.25, 0.3) is 0 Å². The van der Waals surface area contributed by atoms with Gasteiger partial charge in [-0.1, -0.05) is 123 Å². The van der Waals surface area contributed by atoms with Gasteiger partial charge in [0.05, 0.1) is 0 Å². The van der Waals surface area contributed by atoms with Crippen molar-refractivity contribution in [3.8, 4) is 0 Å².